The molecule has 52 heavy (non-hydrogen) atoms. The molecule has 0 aliphatic carbocycles. The van der Waals surface area contributed by atoms with Gasteiger partial charge < -0.3 is 36.4 Å². The zero-order chi connectivity index (χ0) is 38.2. The molecule has 1 aliphatic rings. The molecule has 6 N–H and O–H groups in total. The summed E-state index contributed by atoms with van der Waals surface area (Å²) in [5.74, 6) is -1.68. The number of aromatic hydroxyl groups is 1. The van der Waals surface area contributed by atoms with E-state index in [0.717, 1.165) is 20.6 Å². The molecule has 3 atom stereocenters. The van der Waals surface area contributed by atoms with Crippen molar-refractivity contribution in [1.82, 2.24) is 24.4 Å². The van der Waals surface area contributed by atoms with E-state index >= 15 is 0 Å². The van der Waals surface area contributed by atoms with Gasteiger partial charge >= 0.3 is 6.03 Å². The van der Waals surface area contributed by atoms with Crippen LogP contribution in [0.5, 0.6) is 5.75 Å². The number of aliphatic hydroxyl groups excluding tert-OH is 1. The lowest BCUT2D eigenvalue weighted by molar-refractivity contribution is -0.128. The molecule has 2 aromatic carbocycles. The molecule has 1 aliphatic heterocycles. The van der Waals surface area contributed by atoms with E-state index in [9.17, 15) is 33.0 Å². The second-order valence-electron chi connectivity index (χ2n) is 13.8. The molecule has 3 aromatic rings. The first-order chi connectivity index (χ1) is 24.6. The minimum atomic E-state index is -4.28. The molecule has 0 saturated carbocycles. The van der Waals surface area contributed by atoms with Crippen molar-refractivity contribution in [3.8, 4) is 5.75 Å². The fourth-order valence-electron chi connectivity index (χ4n) is 6.19. The molecule has 1 saturated heterocycles. The third-order valence-corrected chi connectivity index (χ3v) is 11.3. The number of aryl methyl sites for hydroxylation is 1. The number of nitrogens with two attached hydrogens (primary N) is 1. The molecule has 1 aromatic heterocycles. The van der Waals surface area contributed by atoms with Gasteiger partial charge in [-0.1, -0.05) is 58.0 Å². The van der Waals surface area contributed by atoms with Crippen molar-refractivity contribution in [1.29, 1.82) is 0 Å². The van der Waals surface area contributed by atoms with Gasteiger partial charge in [-0.25, -0.2) is 18.2 Å². The SMILES string of the molecule is Cc1nc(CN2CCN(C(C(=O)N[C@@H](Cc3ccccc3)[C@H](O)CN(CC(C)C)S(=O)(=O)c3ccc(O)c(NC(=O)CCN)c3)C(C)C)C2=O)cs1. The van der Waals surface area contributed by atoms with E-state index in [0.29, 0.717) is 19.6 Å². The number of amides is 4. The van der Waals surface area contributed by atoms with E-state index in [-0.39, 0.29) is 66.7 Å². The van der Waals surface area contributed by atoms with Gasteiger partial charge in [0.05, 0.1) is 40.0 Å². The van der Waals surface area contributed by atoms with E-state index in [1.54, 1.807) is 9.80 Å². The predicted octanol–water partition coefficient (Wildman–Crippen LogP) is 3.14. The maximum atomic E-state index is 14.1. The number of anilines is 1. The first-order valence-electron chi connectivity index (χ1n) is 17.4. The number of urea groups is 1. The van der Waals surface area contributed by atoms with Crippen molar-refractivity contribution in [3.63, 3.8) is 0 Å². The highest BCUT2D eigenvalue weighted by molar-refractivity contribution is 7.89. The van der Waals surface area contributed by atoms with E-state index in [1.165, 1.54) is 29.5 Å². The molecule has 2 heterocycles. The Morgan fingerprint density at radius 1 is 1.08 bits per heavy atom. The summed E-state index contributed by atoms with van der Waals surface area (Å²) in [5, 5.41) is 30.4. The summed E-state index contributed by atoms with van der Waals surface area (Å²) in [7, 11) is -4.28. The van der Waals surface area contributed by atoms with Crippen molar-refractivity contribution >= 4 is 44.9 Å². The first-order valence-corrected chi connectivity index (χ1v) is 19.7. The number of phenols is 1. The summed E-state index contributed by atoms with van der Waals surface area (Å²) >= 11 is 1.51. The number of carbonyl (C=O) groups is 3. The first kappa shape index (κ1) is 40.7. The Hall–Kier alpha value is -4.09. The fourth-order valence-corrected chi connectivity index (χ4v) is 8.44. The number of sulfonamides is 1. The van der Waals surface area contributed by atoms with Crippen molar-refractivity contribution in [2.45, 2.75) is 77.1 Å². The average molecular weight is 758 g/mol. The molecule has 4 rings (SSSR count). The van der Waals surface area contributed by atoms with Gasteiger partial charge in [0.1, 0.15) is 11.8 Å². The van der Waals surface area contributed by atoms with Crippen LogP contribution in [0.15, 0.2) is 58.8 Å². The van der Waals surface area contributed by atoms with Gasteiger partial charge in [-0.3, -0.25) is 9.59 Å². The number of nitrogens with one attached hydrogen (secondary N) is 2. The Bertz CT molecular complexity index is 1790. The van der Waals surface area contributed by atoms with Gasteiger partial charge in [0.25, 0.3) is 0 Å². The number of thiazole rings is 1. The topological polar surface area (TPSA) is 198 Å². The summed E-state index contributed by atoms with van der Waals surface area (Å²) in [4.78, 5) is 47.4. The van der Waals surface area contributed by atoms with E-state index in [2.05, 4.69) is 15.6 Å². The average Bonchev–Trinajstić information content (AvgIpc) is 3.65. The van der Waals surface area contributed by atoms with Crippen molar-refractivity contribution in [2.75, 3.05) is 38.0 Å². The second kappa shape index (κ2) is 18.1. The fraction of sp³-hybridized carbons (Fsp3) is 0.500. The van der Waals surface area contributed by atoms with Gasteiger partial charge in [-0.15, -0.1) is 11.3 Å². The number of aliphatic hydroxyl groups is 1. The minimum Gasteiger partial charge on any atom is -0.506 e. The standard InChI is InChI=1S/C36H51N7O7S2/c1-23(2)19-42(52(49,50)28-11-12-31(44)30(18-28)39-33(46)13-14-37)21-32(45)29(17-26-9-7-6-8-10-26)40-35(47)34(24(3)4)43-16-15-41(36(43)48)20-27-22-51-25(5)38-27/h6-12,18,22-24,29,32,34,44-45H,13-17,19-21,37H2,1-5H3,(H,39,46)(H,40,47)/t29-,32+,34?/m0/s1. The summed E-state index contributed by atoms with van der Waals surface area (Å²) in [6, 6.07) is 10.7. The van der Waals surface area contributed by atoms with Crippen LogP contribution in [0.1, 0.15) is 50.4 Å². The van der Waals surface area contributed by atoms with Gasteiger partial charge in [0.2, 0.25) is 21.8 Å². The zero-order valence-corrected chi connectivity index (χ0v) is 32.0. The normalized spacial score (nSPS) is 15.4. The lowest BCUT2D eigenvalue weighted by atomic mass is 9.97. The third kappa shape index (κ3) is 10.5. The van der Waals surface area contributed by atoms with Gasteiger partial charge in [0, 0.05) is 44.5 Å². The summed E-state index contributed by atoms with van der Waals surface area (Å²) in [5.41, 5.74) is 6.97. The van der Waals surface area contributed by atoms with E-state index in [4.69, 9.17) is 5.73 Å². The van der Waals surface area contributed by atoms with Crippen LogP contribution < -0.4 is 16.4 Å². The van der Waals surface area contributed by atoms with Crippen LogP contribution in [0.3, 0.4) is 0 Å². The molecule has 0 spiro atoms. The number of carbonyl (C=O) groups excluding carboxylic acids is 3. The Balaban J connectivity index is 1.59. The highest BCUT2D eigenvalue weighted by Gasteiger charge is 2.40. The van der Waals surface area contributed by atoms with E-state index < -0.39 is 40.0 Å². The minimum absolute atomic E-state index is 0.0231. The highest BCUT2D eigenvalue weighted by atomic mass is 32.2. The third-order valence-electron chi connectivity index (χ3n) is 8.68. The maximum Gasteiger partial charge on any atom is 0.321 e. The Labute approximate surface area is 310 Å². The van der Waals surface area contributed by atoms with Gasteiger partial charge in [0.15, 0.2) is 0 Å². The summed E-state index contributed by atoms with van der Waals surface area (Å²) in [6.07, 6.45) is -1.21. The number of aromatic nitrogens is 1. The molecule has 0 radical (unpaired) electrons. The van der Waals surface area contributed by atoms with Crippen LogP contribution in [0.4, 0.5) is 10.5 Å². The van der Waals surface area contributed by atoms with Crippen LogP contribution in [-0.2, 0) is 32.6 Å². The highest BCUT2D eigenvalue weighted by Crippen LogP contribution is 2.29. The number of phenolic OH excluding ortho intramolecular Hbond substituents is 1. The van der Waals surface area contributed by atoms with Crippen molar-refractivity contribution in [2.24, 2.45) is 17.6 Å². The molecular formula is C36H51N7O7S2. The van der Waals surface area contributed by atoms with Crippen molar-refractivity contribution in [3.05, 3.63) is 70.2 Å². The molecule has 14 nitrogen and oxygen atoms in total. The van der Waals surface area contributed by atoms with Gasteiger partial charge in [-0.2, -0.15) is 4.31 Å². The molecular weight excluding hydrogens is 707 g/mol. The molecule has 1 unspecified atom stereocenters. The molecule has 16 heteroatoms. The number of hydrogen-bond acceptors (Lipinski definition) is 10. The summed E-state index contributed by atoms with van der Waals surface area (Å²) < 4.78 is 29.4. The molecule has 1 fully saturated rings. The monoisotopic (exact) mass is 757 g/mol. The Morgan fingerprint density at radius 3 is 2.40 bits per heavy atom. The Morgan fingerprint density at radius 2 is 1.79 bits per heavy atom. The number of benzene rings is 2. The number of rotatable bonds is 18. The van der Waals surface area contributed by atoms with Crippen molar-refractivity contribution < 1.29 is 33.0 Å². The lowest BCUT2D eigenvalue weighted by Crippen LogP contribution is -2.57. The van der Waals surface area contributed by atoms with Crippen LogP contribution >= 0.6 is 11.3 Å². The maximum absolute atomic E-state index is 14.1. The van der Waals surface area contributed by atoms with Crippen LogP contribution in [0.2, 0.25) is 0 Å². The number of hydrogen-bond donors (Lipinski definition) is 5. The van der Waals surface area contributed by atoms with Crippen LogP contribution in [0, 0.1) is 18.8 Å². The number of nitrogens with zero attached hydrogens (tertiary/aromatic N) is 4. The smallest absolute Gasteiger partial charge is 0.321 e. The molecule has 284 valence electrons. The second-order valence-corrected chi connectivity index (χ2v) is 16.8. The zero-order valence-electron chi connectivity index (χ0n) is 30.4. The van der Waals surface area contributed by atoms with E-state index in [1.807, 2.05) is 70.3 Å². The van der Waals surface area contributed by atoms with Crippen LogP contribution in [-0.4, -0.2) is 106 Å². The largest absolute Gasteiger partial charge is 0.506 e. The van der Waals surface area contributed by atoms with Gasteiger partial charge in [-0.05, 0) is 48.9 Å². The molecule has 4 amide bonds. The quantitative estimate of drug-likeness (QED) is 0.121. The lowest BCUT2D eigenvalue weighted by Gasteiger charge is -2.34. The summed E-state index contributed by atoms with van der Waals surface area (Å²) in [6.45, 7) is 10.1. The Kier molecular flexibility index (Phi) is 14.2. The predicted molar refractivity (Wildman–Crippen MR) is 200 cm³/mol. The molecule has 0 bridgehead atoms. The van der Waals surface area contributed by atoms with Crippen LogP contribution in [0.25, 0.3) is 0 Å².